The van der Waals surface area contributed by atoms with Crippen molar-refractivity contribution in [3.63, 3.8) is 0 Å². The van der Waals surface area contributed by atoms with Gasteiger partial charge in [0.25, 0.3) is 0 Å². The molecule has 0 amide bonds. The van der Waals surface area contributed by atoms with Crippen molar-refractivity contribution in [2.45, 2.75) is 25.6 Å². The first-order valence-corrected chi connectivity index (χ1v) is 6.78. The molecule has 0 N–H and O–H groups in total. The van der Waals surface area contributed by atoms with E-state index < -0.39 is 0 Å². The molecule has 0 spiro atoms. The number of hydrogen-bond donors (Lipinski definition) is 0. The number of azide groups is 1. The van der Waals surface area contributed by atoms with Crippen LogP contribution in [0.25, 0.3) is 10.4 Å². The van der Waals surface area contributed by atoms with E-state index in [0.717, 1.165) is 25.4 Å². The van der Waals surface area contributed by atoms with Gasteiger partial charge in [0, 0.05) is 31.2 Å². The summed E-state index contributed by atoms with van der Waals surface area (Å²) in [6, 6.07) is 7.91. The van der Waals surface area contributed by atoms with Gasteiger partial charge in [0.1, 0.15) is 5.75 Å². The lowest BCUT2D eigenvalue weighted by molar-refractivity contribution is 0.0599. The van der Waals surface area contributed by atoms with Crippen LogP contribution in [0.4, 0.5) is 0 Å². The normalized spacial score (nSPS) is 22.5. The van der Waals surface area contributed by atoms with E-state index in [2.05, 4.69) is 27.1 Å². The number of likely N-dealkylation sites (tertiary alicyclic amines) is 1. The van der Waals surface area contributed by atoms with Crippen LogP contribution >= 0.6 is 0 Å². The highest BCUT2D eigenvalue weighted by molar-refractivity contribution is 5.27. The van der Waals surface area contributed by atoms with Gasteiger partial charge in [-0.3, -0.25) is 4.90 Å². The Labute approximate surface area is 118 Å². The summed E-state index contributed by atoms with van der Waals surface area (Å²) in [5, 5.41) is 3.84. The monoisotopic (exact) mass is 276 g/mol. The van der Waals surface area contributed by atoms with Crippen molar-refractivity contribution >= 4 is 0 Å². The summed E-state index contributed by atoms with van der Waals surface area (Å²) in [6.07, 6.45) is -0.00542. The fourth-order valence-corrected chi connectivity index (χ4v) is 2.51. The molecule has 6 nitrogen and oxygen atoms in total. The van der Waals surface area contributed by atoms with Crippen LogP contribution in [0.1, 0.15) is 12.5 Å². The molecule has 0 aliphatic carbocycles. The fourth-order valence-electron chi connectivity index (χ4n) is 2.51. The van der Waals surface area contributed by atoms with E-state index in [-0.39, 0.29) is 12.1 Å². The second-order valence-electron chi connectivity index (χ2n) is 4.81. The molecule has 1 aliphatic heterocycles. The Bertz CT molecular complexity index is 471. The largest absolute Gasteiger partial charge is 0.497 e. The zero-order chi connectivity index (χ0) is 14.4. The number of hydrogen-bond acceptors (Lipinski definition) is 4. The molecule has 1 fully saturated rings. The first-order chi connectivity index (χ1) is 9.76. The highest BCUT2D eigenvalue weighted by Gasteiger charge is 2.32. The highest BCUT2D eigenvalue weighted by Crippen LogP contribution is 2.20. The molecule has 108 valence electrons. The Morgan fingerprint density at radius 3 is 2.70 bits per heavy atom. The van der Waals surface area contributed by atoms with Crippen LogP contribution in [0, 0.1) is 0 Å². The van der Waals surface area contributed by atoms with Crippen LogP contribution in [0.5, 0.6) is 5.75 Å². The van der Waals surface area contributed by atoms with Crippen molar-refractivity contribution < 1.29 is 9.47 Å². The summed E-state index contributed by atoms with van der Waals surface area (Å²) in [7, 11) is 1.66. The molecule has 20 heavy (non-hydrogen) atoms. The summed E-state index contributed by atoms with van der Waals surface area (Å²) >= 11 is 0. The Kier molecular flexibility index (Phi) is 5.24. The molecule has 0 saturated carbocycles. The minimum atomic E-state index is -0.0989. The first-order valence-electron chi connectivity index (χ1n) is 6.78. The average molecular weight is 276 g/mol. The third-order valence-corrected chi connectivity index (χ3v) is 3.46. The standard InChI is InChI=1S/C14H20N4O2/c1-3-20-14-10-18(9-13(14)16-17-15)8-11-4-6-12(19-2)7-5-11/h4-7,13-14H,3,8-10H2,1-2H3/t13-,14-/m1/s1. The van der Waals surface area contributed by atoms with E-state index in [4.69, 9.17) is 15.0 Å². The minimum Gasteiger partial charge on any atom is -0.497 e. The smallest absolute Gasteiger partial charge is 0.118 e. The topological polar surface area (TPSA) is 70.5 Å². The predicted molar refractivity (Wildman–Crippen MR) is 76.6 cm³/mol. The van der Waals surface area contributed by atoms with Crippen LogP contribution in [-0.4, -0.2) is 43.9 Å². The van der Waals surface area contributed by atoms with Crippen molar-refractivity contribution in [1.29, 1.82) is 0 Å². The predicted octanol–water partition coefficient (Wildman–Crippen LogP) is 2.59. The van der Waals surface area contributed by atoms with Gasteiger partial charge in [-0.25, -0.2) is 0 Å². The third kappa shape index (κ3) is 3.63. The average Bonchev–Trinajstić information content (AvgIpc) is 2.82. The zero-order valence-electron chi connectivity index (χ0n) is 11.9. The lowest BCUT2D eigenvalue weighted by atomic mass is 10.2. The lowest BCUT2D eigenvalue weighted by Gasteiger charge is -2.16. The summed E-state index contributed by atoms with van der Waals surface area (Å²) in [6.45, 7) is 4.95. The molecule has 6 heteroatoms. The molecule has 0 aromatic heterocycles. The van der Waals surface area contributed by atoms with E-state index in [9.17, 15) is 0 Å². The lowest BCUT2D eigenvalue weighted by Crippen LogP contribution is -2.25. The molecule has 0 radical (unpaired) electrons. The zero-order valence-corrected chi connectivity index (χ0v) is 11.9. The van der Waals surface area contributed by atoms with Crippen LogP contribution in [0.15, 0.2) is 29.4 Å². The van der Waals surface area contributed by atoms with Crippen LogP contribution in [0.2, 0.25) is 0 Å². The van der Waals surface area contributed by atoms with Gasteiger partial charge in [0.2, 0.25) is 0 Å². The van der Waals surface area contributed by atoms with E-state index >= 15 is 0 Å². The molecule has 1 heterocycles. The molecular weight excluding hydrogens is 256 g/mol. The van der Waals surface area contributed by atoms with Gasteiger partial charge in [0.05, 0.1) is 19.3 Å². The molecule has 2 atom stereocenters. The highest BCUT2D eigenvalue weighted by atomic mass is 16.5. The maximum Gasteiger partial charge on any atom is 0.118 e. The number of benzene rings is 1. The van der Waals surface area contributed by atoms with Crippen molar-refractivity contribution in [1.82, 2.24) is 4.90 Å². The molecule has 1 saturated heterocycles. The Balaban J connectivity index is 1.97. The van der Waals surface area contributed by atoms with Gasteiger partial charge in [-0.2, -0.15) is 0 Å². The second-order valence-corrected chi connectivity index (χ2v) is 4.81. The number of rotatable bonds is 6. The van der Waals surface area contributed by atoms with Gasteiger partial charge < -0.3 is 9.47 Å². The van der Waals surface area contributed by atoms with Crippen LogP contribution in [-0.2, 0) is 11.3 Å². The minimum absolute atomic E-state index is 0.00542. The van der Waals surface area contributed by atoms with E-state index in [1.54, 1.807) is 7.11 Å². The molecule has 1 aromatic carbocycles. The Morgan fingerprint density at radius 1 is 1.35 bits per heavy atom. The van der Waals surface area contributed by atoms with Crippen molar-refractivity contribution in [3.05, 3.63) is 40.3 Å². The summed E-state index contributed by atoms with van der Waals surface area (Å²) in [5.74, 6) is 0.856. The SMILES string of the molecule is CCO[C@@H]1CN(Cc2ccc(OC)cc2)C[C@H]1N=[N+]=[N-]. The van der Waals surface area contributed by atoms with Gasteiger partial charge in [-0.15, -0.1) is 0 Å². The van der Waals surface area contributed by atoms with Gasteiger partial charge in [-0.1, -0.05) is 17.2 Å². The Hall–Kier alpha value is -1.75. The van der Waals surface area contributed by atoms with E-state index in [0.29, 0.717) is 6.61 Å². The molecule has 1 aliphatic rings. The summed E-state index contributed by atoms with van der Waals surface area (Å²) in [5.41, 5.74) is 9.83. The molecule has 1 aromatic rings. The number of methoxy groups -OCH3 is 1. The number of ether oxygens (including phenoxy) is 2. The summed E-state index contributed by atoms with van der Waals surface area (Å²) < 4.78 is 10.8. The molecule has 0 unspecified atom stereocenters. The second kappa shape index (κ2) is 7.14. The quantitative estimate of drug-likeness (QED) is 0.455. The van der Waals surface area contributed by atoms with Gasteiger partial charge >= 0.3 is 0 Å². The van der Waals surface area contributed by atoms with Crippen LogP contribution in [0.3, 0.4) is 0 Å². The van der Waals surface area contributed by atoms with E-state index in [1.165, 1.54) is 5.56 Å². The van der Waals surface area contributed by atoms with Gasteiger partial charge in [-0.05, 0) is 30.2 Å². The van der Waals surface area contributed by atoms with Crippen molar-refractivity contribution in [2.24, 2.45) is 5.11 Å². The first kappa shape index (κ1) is 14.7. The maximum absolute atomic E-state index is 8.62. The van der Waals surface area contributed by atoms with Gasteiger partial charge in [0.15, 0.2) is 0 Å². The van der Waals surface area contributed by atoms with Crippen molar-refractivity contribution in [3.8, 4) is 5.75 Å². The maximum atomic E-state index is 8.62. The molecule has 0 bridgehead atoms. The fraction of sp³-hybridized carbons (Fsp3) is 0.571. The van der Waals surface area contributed by atoms with Crippen LogP contribution < -0.4 is 4.74 Å². The number of nitrogens with zero attached hydrogens (tertiary/aromatic N) is 4. The molecule has 2 rings (SSSR count). The summed E-state index contributed by atoms with van der Waals surface area (Å²) in [4.78, 5) is 5.17. The van der Waals surface area contributed by atoms with E-state index in [1.807, 2.05) is 19.1 Å². The Morgan fingerprint density at radius 2 is 2.10 bits per heavy atom. The molecular formula is C14H20N4O2. The van der Waals surface area contributed by atoms with Crippen molar-refractivity contribution in [2.75, 3.05) is 26.8 Å². The third-order valence-electron chi connectivity index (χ3n) is 3.46.